The third-order valence-corrected chi connectivity index (χ3v) is 7.30. The van der Waals surface area contributed by atoms with Crippen molar-refractivity contribution in [3.05, 3.63) is 101 Å². The van der Waals surface area contributed by atoms with Crippen molar-refractivity contribution in [2.24, 2.45) is 9.98 Å². The Morgan fingerprint density at radius 1 is 0.941 bits per heavy atom. The maximum absolute atomic E-state index is 12.8. The van der Waals surface area contributed by atoms with Gasteiger partial charge in [0.2, 0.25) is 0 Å². The molecule has 3 aromatic carbocycles. The van der Waals surface area contributed by atoms with Gasteiger partial charge < -0.3 is 10.2 Å². The van der Waals surface area contributed by atoms with E-state index in [1.807, 2.05) is 41.3 Å². The number of likely N-dealkylation sites (tertiary alicyclic amines) is 1. The molecule has 1 N–H and O–H groups in total. The number of carbonyl (C=O) groups is 1. The number of nitrogens with one attached hydrogen (secondary N) is 1. The summed E-state index contributed by atoms with van der Waals surface area (Å²) in [6.45, 7) is 1.19. The zero-order chi connectivity index (χ0) is 23.4. The maximum Gasteiger partial charge on any atom is 0.321 e. The number of anilines is 1. The average molecular weight is 489 g/mol. The van der Waals surface area contributed by atoms with Crippen LogP contribution in [0.5, 0.6) is 0 Å². The summed E-state index contributed by atoms with van der Waals surface area (Å²) in [5.74, 6) is 0.843. The van der Waals surface area contributed by atoms with Crippen molar-refractivity contribution < 1.29 is 4.79 Å². The molecule has 0 aromatic heterocycles. The van der Waals surface area contributed by atoms with Crippen molar-refractivity contribution in [3.63, 3.8) is 0 Å². The average Bonchev–Trinajstić information content (AvgIpc) is 3.22. The highest BCUT2D eigenvalue weighted by molar-refractivity contribution is 8.15. The summed E-state index contributed by atoms with van der Waals surface area (Å²) in [7, 11) is 0. The normalized spacial score (nSPS) is 16.8. The molecule has 0 bridgehead atoms. The van der Waals surface area contributed by atoms with Crippen molar-refractivity contribution in [3.8, 4) is 0 Å². The van der Waals surface area contributed by atoms with Crippen LogP contribution in [-0.2, 0) is 5.75 Å². The number of rotatable bonds is 4. The van der Waals surface area contributed by atoms with E-state index in [1.54, 1.807) is 23.9 Å². The van der Waals surface area contributed by atoms with Crippen LogP contribution in [-0.4, -0.2) is 40.4 Å². The van der Waals surface area contributed by atoms with Crippen LogP contribution in [0, 0.1) is 0 Å². The molecule has 1 spiro atoms. The summed E-state index contributed by atoms with van der Waals surface area (Å²) in [6.07, 6.45) is 1.39. The summed E-state index contributed by atoms with van der Waals surface area (Å²) in [4.78, 5) is 24.9. The first-order valence-electron chi connectivity index (χ1n) is 11.3. The lowest BCUT2D eigenvalue weighted by atomic mass is 9.98. The van der Waals surface area contributed by atoms with Crippen LogP contribution in [0.2, 0.25) is 5.02 Å². The number of thioether (sulfide) groups is 1. The SMILES string of the molecule is O=C(Nc1cccc(Cl)c1)N1CCC2(CC1)N=C(SCc1ccccc1)C(c1ccccc1)=N2. The largest absolute Gasteiger partial charge is 0.324 e. The van der Waals surface area contributed by atoms with Crippen molar-refractivity contribution in [2.75, 3.05) is 18.4 Å². The Hall–Kier alpha value is -3.09. The second-order valence-corrected chi connectivity index (χ2v) is 9.83. The van der Waals surface area contributed by atoms with Gasteiger partial charge in [-0.25, -0.2) is 9.79 Å². The first kappa shape index (κ1) is 22.7. The molecule has 0 radical (unpaired) electrons. The fourth-order valence-corrected chi connectivity index (χ4v) is 5.41. The number of amides is 2. The van der Waals surface area contributed by atoms with Gasteiger partial charge in [0.15, 0.2) is 5.66 Å². The number of aliphatic imine (C=N–C) groups is 2. The summed E-state index contributed by atoms with van der Waals surface area (Å²) < 4.78 is 0. The van der Waals surface area contributed by atoms with Gasteiger partial charge in [-0.3, -0.25) is 4.99 Å². The summed E-state index contributed by atoms with van der Waals surface area (Å²) in [6, 6.07) is 27.7. The third-order valence-electron chi connectivity index (χ3n) is 6.03. The van der Waals surface area contributed by atoms with Crippen LogP contribution in [0.25, 0.3) is 0 Å². The molecule has 0 unspecified atom stereocenters. The minimum atomic E-state index is -0.503. The van der Waals surface area contributed by atoms with Crippen LogP contribution in [0.3, 0.4) is 0 Å². The Morgan fingerprint density at radius 2 is 1.65 bits per heavy atom. The second kappa shape index (κ2) is 10.0. The van der Waals surface area contributed by atoms with E-state index in [-0.39, 0.29) is 6.03 Å². The van der Waals surface area contributed by atoms with E-state index in [0.717, 1.165) is 22.1 Å². The Kier molecular flexibility index (Phi) is 6.70. The number of halogens is 1. The molecule has 0 aliphatic carbocycles. The molecule has 7 heteroatoms. The first-order chi connectivity index (χ1) is 16.6. The highest BCUT2D eigenvalue weighted by Crippen LogP contribution is 2.36. The van der Waals surface area contributed by atoms with Gasteiger partial charge in [0.25, 0.3) is 0 Å². The molecule has 5 rings (SSSR count). The predicted octanol–water partition coefficient (Wildman–Crippen LogP) is 6.50. The molecular formula is C27H25ClN4OS. The van der Waals surface area contributed by atoms with Crippen molar-refractivity contribution in [1.29, 1.82) is 0 Å². The van der Waals surface area contributed by atoms with Crippen molar-refractivity contribution in [1.82, 2.24) is 4.90 Å². The molecular weight excluding hydrogens is 464 g/mol. The third kappa shape index (κ3) is 5.18. The Bertz CT molecular complexity index is 1220. The topological polar surface area (TPSA) is 57.1 Å². The standard InChI is InChI=1S/C27H25ClN4OS/c28-22-12-7-13-23(18-22)29-26(33)32-16-14-27(15-17-32)30-24(21-10-5-2-6-11-21)25(31-27)34-19-20-8-3-1-4-9-20/h1-13,18H,14-17,19H2,(H,29,33). The maximum atomic E-state index is 12.8. The number of urea groups is 1. The molecule has 2 amide bonds. The summed E-state index contributed by atoms with van der Waals surface area (Å²) >= 11 is 7.77. The fourth-order valence-electron chi connectivity index (χ4n) is 4.19. The lowest BCUT2D eigenvalue weighted by Crippen LogP contribution is -2.46. The fraction of sp³-hybridized carbons (Fsp3) is 0.222. The Labute approximate surface area is 209 Å². The van der Waals surface area contributed by atoms with E-state index in [1.165, 1.54) is 5.56 Å². The smallest absolute Gasteiger partial charge is 0.321 e. The van der Waals surface area contributed by atoms with Crippen LogP contribution < -0.4 is 5.32 Å². The number of piperidine rings is 1. The van der Waals surface area contributed by atoms with Crippen molar-refractivity contribution >= 4 is 45.8 Å². The van der Waals surface area contributed by atoms with Gasteiger partial charge in [-0.05, 0) is 23.8 Å². The number of benzene rings is 3. The molecule has 1 saturated heterocycles. The van der Waals surface area contributed by atoms with E-state index in [4.69, 9.17) is 21.6 Å². The Morgan fingerprint density at radius 3 is 2.35 bits per heavy atom. The highest BCUT2D eigenvalue weighted by Gasteiger charge is 2.40. The molecule has 3 aromatic rings. The molecule has 2 heterocycles. The van der Waals surface area contributed by atoms with Gasteiger partial charge in [0.05, 0.1) is 5.71 Å². The van der Waals surface area contributed by atoms with Crippen LogP contribution in [0.4, 0.5) is 10.5 Å². The zero-order valence-electron chi connectivity index (χ0n) is 18.7. The molecule has 2 aliphatic heterocycles. The van der Waals surface area contributed by atoms with E-state index in [9.17, 15) is 4.79 Å². The summed E-state index contributed by atoms with van der Waals surface area (Å²) in [5, 5.41) is 4.52. The molecule has 1 fully saturated rings. The van der Waals surface area contributed by atoms with E-state index in [0.29, 0.717) is 36.6 Å². The number of hydrogen-bond donors (Lipinski definition) is 1. The number of hydrogen-bond acceptors (Lipinski definition) is 4. The van der Waals surface area contributed by atoms with Crippen molar-refractivity contribution in [2.45, 2.75) is 24.3 Å². The van der Waals surface area contributed by atoms with Crippen LogP contribution in [0.1, 0.15) is 24.0 Å². The van der Waals surface area contributed by atoms with E-state index in [2.05, 4.69) is 41.7 Å². The summed E-state index contributed by atoms with van der Waals surface area (Å²) in [5.41, 5.74) is 3.49. The highest BCUT2D eigenvalue weighted by atomic mass is 35.5. The molecule has 172 valence electrons. The van der Waals surface area contributed by atoms with Crippen LogP contribution in [0.15, 0.2) is 94.9 Å². The quantitative estimate of drug-likeness (QED) is 0.455. The van der Waals surface area contributed by atoms with Crippen LogP contribution >= 0.6 is 23.4 Å². The number of carbonyl (C=O) groups excluding carboxylic acids is 1. The number of nitrogens with zero attached hydrogens (tertiary/aromatic N) is 3. The second-order valence-electron chi connectivity index (χ2n) is 8.43. The van der Waals surface area contributed by atoms with E-state index < -0.39 is 5.66 Å². The van der Waals surface area contributed by atoms with Gasteiger partial charge in [0, 0.05) is 48.0 Å². The Balaban J connectivity index is 1.30. The minimum absolute atomic E-state index is 0.120. The van der Waals surface area contributed by atoms with Gasteiger partial charge in [-0.15, -0.1) is 0 Å². The van der Waals surface area contributed by atoms with Gasteiger partial charge in [0.1, 0.15) is 5.04 Å². The molecule has 5 nitrogen and oxygen atoms in total. The zero-order valence-corrected chi connectivity index (χ0v) is 20.2. The molecule has 0 saturated carbocycles. The lowest BCUT2D eigenvalue weighted by molar-refractivity contribution is 0.175. The molecule has 0 atom stereocenters. The van der Waals surface area contributed by atoms with Gasteiger partial charge in [-0.1, -0.05) is 90.1 Å². The minimum Gasteiger partial charge on any atom is -0.324 e. The molecule has 2 aliphatic rings. The van der Waals surface area contributed by atoms with Gasteiger partial charge >= 0.3 is 6.03 Å². The van der Waals surface area contributed by atoms with Gasteiger partial charge in [-0.2, -0.15) is 0 Å². The molecule has 34 heavy (non-hydrogen) atoms. The van der Waals surface area contributed by atoms with E-state index >= 15 is 0 Å². The lowest BCUT2D eigenvalue weighted by Gasteiger charge is -2.35. The predicted molar refractivity (Wildman–Crippen MR) is 142 cm³/mol. The monoisotopic (exact) mass is 488 g/mol. The first-order valence-corrected chi connectivity index (χ1v) is 12.7.